The zero-order valence-corrected chi connectivity index (χ0v) is 17.3. The van der Waals surface area contributed by atoms with E-state index in [-0.39, 0.29) is 10.7 Å². The zero-order chi connectivity index (χ0) is 21.3. The van der Waals surface area contributed by atoms with Gasteiger partial charge >= 0.3 is 6.18 Å². The fourth-order valence-corrected chi connectivity index (χ4v) is 4.41. The second-order valence-electron chi connectivity index (χ2n) is 6.94. The number of carbonyl (C=O) groups is 1. The molecular weight excluding hydrogens is 437 g/mol. The Hall–Kier alpha value is -2.36. The molecule has 158 valence electrons. The molecule has 0 saturated carbocycles. The van der Waals surface area contributed by atoms with Crippen LogP contribution in [0.2, 0.25) is 5.02 Å². The van der Waals surface area contributed by atoms with Crippen molar-refractivity contribution < 1.29 is 18.0 Å². The molecule has 1 aliphatic rings. The number of aromatic nitrogens is 2. The van der Waals surface area contributed by atoms with Crippen molar-refractivity contribution in [3.8, 4) is 5.69 Å². The molecule has 2 aromatic heterocycles. The average molecular weight is 455 g/mol. The Balaban J connectivity index is 1.54. The first-order valence-corrected chi connectivity index (χ1v) is 10.5. The van der Waals surface area contributed by atoms with E-state index in [1.54, 1.807) is 17.4 Å². The number of alkyl halides is 3. The van der Waals surface area contributed by atoms with Gasteiger partial charge in [0.1, 0.15) is 0 Å². The molecule has 1 amide bonds. The summed E-state index contributed by atoms with van der Waals surface area (Å²) in [5, 5.41) is 6.14. The summed E-state index contributed by atoms with van der Waals surface area (Å²) in [4.78, 5) is 17.8. The minimum absolute atomic E-state index is 0.148. The topological polar surface area (TPSA) is 41.4 Å². The highest BCUT2D eigenvalue weighted by Gasteiger charge is 2.41. The van der Waals surface area contributed by atoms with Gasteiger partial charge in [-0.05, 0) is 29.6 Å². The summed E-state index contributed by atoms with van der Waals surface area (Å²) >= 11 is 7.57. The smallest absolute Gasteiger partial charge is 0.336 e. The molecule has 3 aromatic rings. The molecule has 1 aromatic carbocycles. The summed E-state index contributed by atoms with van der Waals surface area (Å²) < 4.78 is 42.3. The Morgan fingerprint density at radius 1 is 1.13 bits per heavy atom. The largest absolute Gasteiger partial charge is 0.434 e. The van der Waals surface area contributed by atoms with Crippen LogP contribution < -0.4 is 0 Å². The van der Waals surface area contributed by atoms with Crippen molar-refractivity contribution in [2.24, 2.45) is 0 Å². The molecule has 0 atom stereocenters. The fraction of sp³-hybridized carbons (Fsp3) is 0.300. The highest BCUT2D eigenvalue weighted by Crippen LogP contribution is 2.34. The number of amides is 1. The monoisotopic (exact) mass is 454 g/mol. The highest BCUT2D eigenvalue weighted by molar-refractivity contribution is 7.09. The molecule has 1 fully saturated rings. The maximum absolute atomic E-state index is 13.9. The molecule has 0 bridgehead atoms. The van der Waals surface area contributed by atoms with Crippen LogP contribution in [0.3, 0.4) is 0 Å². The van der Waals surface area contributed by atoms with Crippen LogP contribution in [0.1, 0.15) is 20.9 Å². The molecular formula is C20H18ClF3N4OS. The predicted molar refractivity (Wildman–Crippen MR) is 109 cm³/mol. The quantitative estimate of drug-likeness (QED) is 0.580. The third-order valence-electron chi connectivity index (χ3n) is 4.94. The minimum atomic E-state index is -4.75. The number of hydrogen-bond acceptors (Lipinski definition) is 4. The van der Waals surface area contributed by atoms with E-state index >= 15 is 0 Å². The van der Waals surface area contributed by atoms with Crippen LogP contribution in [0.5, 0.6) is 0 Å². The first-order chi connectivity index (χ1) is 14.3. The van der Waals surface area contributed by atoms with Gasteiger partial charge in [0.05, 0.1) is 17.4 Å². The molecule has 0 spiro atoms. The Kier molecular flexibility index (Phi) is 5.86. The molecule has 0 radical (unpaired) electrons. The van der Waals surface area contributed by atoms with E-state index in [1.807, 2.05) is 17.5 Å². The molecule has 30 heavy (non-hydrogen) atoms. The second kappa shape index (κ2) is 8.41. The van der Waals surface area contributed by atoms with E-state index in [0.29, 0.717) is 26.2 Å². The lowest BCUT2D eigenvalue weighted by atomic mass is 10.1. The van der Waals surface area contributed by atoms with Gasteiger partial charge in [0.15, 0.2) is 5.69 Å². The Morgan fingerprint density at radius 3 is 2.53 bits per heavy atom. The first kappa shape index (κ1) is 20.9. The van der Waals surface area contributed by atoms with Crippen molar-refractivity contribution >= 4 is 28.8 Å². The Labute approximate surface area is 180 Å². The summed E-state index contributed by atoms with van der Waals surface area (Å²) in [7, 11) is 0. The normalized spacial score (nSPS) is 15.5. The van der Waals surface area contributed by atoms with Crippen molar-refractivity contribution in [3.63, 3.8) is 0 Å². The minimum Gasteiger partial charge on any atom is -0.336 e. The molecule has 0 aliphatic carbocycles. The van der Waals surface area contributed by atoms with Gasteiger partial charge in [0.2, 0.25) is 0 Å². The van der Waals surface area contributed by atoms with Crippen molar-refractivity contribution in [2.45, 2.75) is 12.7 Å². The van der Waals surface area contributed by atoms with E-state index in [4.69, 9.17) is 11.6 Å². The molecule has 1 saturated heterocycles. The second-order valence-corrected chi connectivity index (χ2v) is 8.41. The van der Waals surface area contributed by atoms with Crippen LogP contribution in [-0.2, 0) is 12.7 Å². The molecule has 1 aliphatic heterocycles. The fourth-order valence-electron chi connectivity index (χ4n) is 3.48. The number of thiophene rings is 1. The van der Waals surface area contributed by atoms with Crippen LogP contribution in [0.25, 0.3) is 5.69 Å². The summed E-state index contributed by atoms with van der Waals surface area (Å²) in [5.74, 6) is -0.661. The van der Waals surface area contributed by atoms with E-state index in [9.17, 15) is 18.0 Å². The molecule has 5 nitrogen and oxygen atoms in total. The molecule has 0 N–H and O–H groups in total. The maximum atomic E-state index is 13.9. The highest BCUT2D eigenvalue weighted by atomic mass is 35.5. The van der Waals surface area contributed by atoms with E-state index in [2.05, 4.69) is 10.00 Å². The number of nitrogens with zero attached hydrogens (tertiary/aromatic N) is 4. The number of rotatable bonds is 4. The predicted octanol–water partition coefficient (Wildman–Crippen LogP) is 4.56. The first-order valence-electron chi connectivity index (χ1n) is 9.28. The van der Waals surface area contributed by atoms with Crippen molar-refractivity contribution in [2.75, 3.05) is 26.2 Å². The van der Waals surface area contributed by atoms with Gasteiger partial charge in [-0.15, -0.1) is 11.3 Å². The number of benzene rings is 1. The number of hydrogen-bond donors (Lipinski definition) is 0. The van der Waals surface area contributed by atoms with Crippen molar-refractivity contribution in [1.82, 2.24) is 19.6 Å². The Bertz CT molecular complexity index is 1030. The van der Waals surface area contributed by atoms with Gasteiger partial charge in [0.25, 0.3) is 5.91 Å². The van der Waals surface area contributed by atoms with Gasteiger partial charge in [-0.1, -0.05) is 23.7 Å². The standard InChI is InChI=1S/C20H18ClF3N4OS/c21-14-3-1-4-15(11-14)28-18(20(22,23)24)17(12-25-28)19(29)27-8-6-26(7-9-27)13-16-5-2-10-30-16/h1-5,10-12H,6-9,13H2. The summed E-state index contributed by atoms with van der Waals surface area (Å²) in [5.41, 5.74) is -1.39. The van der Waals surface area contributed by atoms with Crippen LogP contribution in [0.4, 0.5) is 13.2 Å². The lowest BCUT2D eigenvalue weighted by molar-refractivity contribution is -0.143. The van der Waals surface area contributed by atoms with Gasteiger partial charge in [-0.3, -0.25) is 9.69 Å². The van der Waals surface area contributed by atoms with E-state index < -0.39 is 23.3 Å². The van der Waals surface area contributed by atoms with Crippen molar-refractivity contribution in [1.29, 1.82) is 0 Å². The SMILES string of the molecule is O=C(c1cnn(-c2cccc(Cl)c2)c1C(F)(F)F)N1CCN(Cc2cccs2)CC1. The van der Waals surface area contributed by atoms with Gasteiger partial charge in [-0.25, -0.2) is 4.68 Å². The molecule has 3 heterocycles. The molecule has 4 rings (SSSR count). The number of halogens is 4. The molecule has 0 unspecified atom stereocenters. The van der Waals surface area contributed by atoms with E-state index in [1.165, 1.54) is 28.0 Å². The third-order valence-corrected chi connectivity index (χ3v) is 6.04. The van der Waals surface area contributed by atoms with Gasteiger partial charge < -0.3 is 4.90 Å². The Morgan fingerprint density at radius 2 is 1.90 bits per heavy atom. The average Bonchev–Trinajstić information content (AvgIpc) is 3.37. The third kappa shape index (κ3) is 4.38. The van der Waals surface area contributed by atoms with Gasteiger partial charge in [0, 0.05) is 42.6 Å². The summed E-state index contributed by atoms with van der Waals surface area (Å²) in [6.07, 6.45) is -3.76. The number of piperazine rings is 1. The zero-order valence-electron chi connectivity index (χ0n) is 15.8. The lowest BCUT2D eigenvalue weighted by Gasteiger charge is -2.34. The van der Waals surface area contributed by atoms with E-state index in [0.717, 1.165) is 17.4 Å². The van der Waals surface area contributed by atoms with Crippen LogP contribution in [0.15, 0.2) is 48.0 Å². The van der Waals surface area contributed by atoms with Crippen LogP contribution in [0, 0.1) is 0 Å². The lowest BCUT2D eigenvalue weighted by Crippen LogP contribution is -2.48. The summed E-state index contributed by atoms with van der Waals surface area (Å²) in [6.45, 7) is 2.72. The number of carbonyl (C=O) groups excluding carboxylic acids is 1. The van der Waals surface area contributed by atoms with Crippen molar-refractivity contribution in [3.05, 3.63) is 69.1 Å². The maximum Gasteiger partial charge on any atom is 0.434 e. The van der Waals surface area contributed by atoms with Gasteiger partial charge in [-0.2, -0.15) is 18.3 Å². The van der Waals surface area contributed by atoms with Crippen LogP contribution in [-0.4, -0.2) is 51.7 Å². The van der Waals surface area contributed by atoms with Crippen LogP contribution >= 0.6 is 22.9 Å². The molecule has 10 heteroatoms. The summed E-state index contributed by atoms with van der Waals surface area (Å²) in [6, 6.07) is 9.96.